The van der Waals surface area contributed by atoms with Crippen LogP contribution in [0.25, 0.3) is 6.08 Å². The van der Waals surface area contributed by atoms with Gasteiger partial charge in [-0.05, 0) is 12.1 Å². The third-order valence-corrected chi connectivity index (χ3v) is 1.82. The average molecular weight is 142 g/mol. The predicted molar refractivity (Wildman–Crippen MR) is 49.6 cm³/mol. The van der Waals surface area contributed by atoms with Crippen LogP contribution in [-0.2, 0) is 0 Å². The molecule has 0 amide bonds. The number of fused-ring (bicyclic) bond motifs is 1. The van der Waals surface area contributed by atoms with Crippen LogP contribution in [-0.4, -0.2) is 6.85 Å². The Labute approximate surface area is 67.2 Å². The minimum absolute atomic E-state index is 0.443. The zero-order chi connectivity index (χ0) is 7.68. The largest absolute Gasteiger partial charge is 0.424 e. The first-order valence-electron chi connectivity index (χ1n) is 3.82. The number of benzene rings is 1. The summed E-state index contributed by atoms with van der Waals surface area (Å²) in [5.41, 5.74) is 2.34. The summed E-state index contributed by atoms with van der Waals surface area (Å²) < 4.78 is 0. The van der Waals surface area contributed by atoms with Gasteiger partial charge in [0, 0.05) is 11.3 Å². The van der Waals surface area contributed by atoms with Gasteiger partial charge in [0.15, 0.2) is 0 Å². The molecule has 0 saturated carbocycles. The van der Waals surface area contributed by atoms with E-state index < -0.39 is 0 Å². The van der Waals surface area contributed by atoms with Crippen LogP contribution in [0.15, 0.2) is 24.2 Å². The van der Waals surface area contributed by atoms with E-state index in [0.29, 0.717) is 6.85 Å². The second-order valence-corrected chi connectivity index (χ2v) is 2.79. The van der Waals surface area contributed by atoms with Gasteiger partial charge in [0.25, 0.3) is 6.85 Å². The molecule has 2 rings (SSSR count). The lowest BCUT2D eigenvalue weighted by atomic mass is 9.63. The van der Waals surface area contributed by atoms with Crippen molar-refractivity contribution in [2.45, 2.75) is 6.82 Å². The Hall–Kier alpha value is -1.18. The summed E-state index contributed by atoms with van der Waals surface area (Å²) in [6.45, 7) is 2.57. The highest BCUT2D eigenvalue weighted by molar-refractivity contribution is 6.67. The molecule has 2 heteroatoms. The summed E-state index contributed by atoms with van der Waals surface area (Å²) in [6, 6.07) is 9.16. The number of nitrogens with one attached hydrogen (secondary N) is 1. The van der Waals surface area contributed by atoms with Crippen molar-refractivity contribution in [1.82, 2.24) is 0 Å². The normalized spacial score (nSPS) is 14.1. The Bertz CT molecular complexity index is 293. The molecule has 0 spiro atoms. The van der Waals surface area contributed by atoms with E-state index in [9.17, 15) is 0 Å². The van der Waals surface area contributed by atoms with Crippen molar-refractivity contribution in [1.29, 1.82) is 0 Å². The molecule has 1 aliphatic rings. The molecule has 0 saturated heterocycles. The van der Waals surface area contributed by atoms with E-state index in [0.717, 1.165) is 5.56 Å². The SMILES string of the molecule is CB1C=Cc2[c]cccc2N1. The lowest BCUT2D eigenvalue weighted by molar-refractivity contribution is 1.58. The molecule has 0 aromatic heterocycles. The molecule has 1 N–H and O–H groups in total. The van der Waals surface area contributed by atoms with Crippen molar-refractivity contribution in [3.8, 4) is 0 Å². The Balaban J connectivity index is 2.46. The maximum Gasteiger partial charge on any atom is 0.275 e. The van der Waals surface area contributed by atoms with E-state index in [1.165, 1.54) is 5.69 Å². The Morgan fingerprint density at radius 2 is 2.45 bits per heavy atom. The Morgan fingerprint density at radius 1 is 1.55 bits per heavy atom. The van der Waals surface area contributed by atoms with E-state index in [4.69, 9.17) is 0 Å². The van der Waals surface area contributed by atoms with Crippen LogP contribution in [0.2, 0.25) is 6.82 Å². The Kier molecular flexibility index (Phi) is 1.46. The van der Waals surface area contributed by atoms with Gasteiger partial charge in [-0.1, -0.05) is 31.0 Å². The molecule has 1 radical (unpaired) electrons. The highest BCUT2D eigenvalue weighted by Gasteiger charge is 2.09. The van der Waals surface area contributed by atoms with E-state index in [2.05, 4.69) is 36.2 Å². The number of hydrogen-bond donors (Lipinski definition) is 1. The topological polar surface area (TPSA) is 12.0 Å². The molecule has 11 heavy (non-hydrogen) atoms. The first-order valence-corrected chi connectivity index (χ1v) is 3.82. The molecule has 1 aromatic rings. The van der Waals surface area contributed by atoms with Gasteiger partial charge in [0.05, 0.1) is 0 Å². The van der Waals surface area contributed by atoms with Gasteiger partial charge in [-0.3, -0.25) is 0 Å². The van der Waals surface area contributed by atoms with Crippen LogP contribution >= 0.6 is 0 Å². The zero-order valence-electron chi connectivity index (χ0n) is 6.46. The van der Waals surface area contributed by atoms with Gasteiger partial charge >= 0.3 is 0 Å². The van der Waals surface area contributed by atoms with Crippen LogP contribution in [0.4, 0.5) is 5.69 Å². The fraction of sp³-hybridized carbons (Fsp3) is 0.111. The molecule has 0 fully saturated rings. The number of anilines is 1. The van der Waals surface area contributed by atoms with E-state index in [1.54, 1.807) is 0 Å². The summed E-state index contributed by atoms with van der Waals surface area (Å²) >= 11 is 0. The highest BCUT2D eigenvalue weighted by Crippen LogP contribution is 2.20. The number of rotatable bonds is 0. The third kappa shape index (κ3) is 1.16. The average Bonchev–Trinajstić information content (AvgIpc) is 2.04. The van der Waals surface area contributed by atoms with Gasteiger partial charge in [0.2, 0.25) is 0 Å². The van der Waals surface area contributed by atoms with E-state index in [-0.39, 0.29) is 0 Å². The second kappa shape index (κ2) is 2.46. The summed E-state index contributed by atoms with van der Waals surface area (Å²) in [5.74, 6) is 2.14. The van der Waals surface area contributed by atoms with Crippen molar-refractivity contribution < 1.29 is 0 Å². The maximum atomic E-state index is 3.34. The molecule has 0 bridgehead atoms. The van der Waals surface area contributed by atoms with Crippen molar-refractivity contribution in [3.05, 3.63) is 35.8 Å². The van der Waals surface area contributed by atoms with Gasteiger partial charge in [-0.2, -0.15) is 0 Å². The summed E-state index contributed by atoms with van der Waals surface area (Å²) in [7, 11) is 0. The highest BCUT2D eigenvalue weighted by atomic mass is 14.8. The molecular formula is C9H9BN. The number of hydrogen-bond acceptors (Lipinski definition) is 1. The fourth-order valence-electron chi connectivity index (χ4n) is 1.25. The van der Waals surface area contributed by atoms with E-state index in [1.807, 2.05) is 12.1 Å². The molecule has 1 nitrogen and oxygen atoms in total. The van der Waals surface area contributed by atoms with Gasteiger partial charge in [-0.25, -0.2) is 0 Å². The van der Waals surface area contributed by atoms with Crippen LogP contribution in [0, 0.1) is 6.07 Å². The van der Waals surface area contributed by atoms with Crippen LogP contribution < -0.4 is 5.23 Å². The van der Waals surface area contributed by atoms with Crippen LogP contribution in [0.5, 0.6) is 0 Å². The molecule has 1 aliphatic heterocycles. The monoisotopic (exact) mass is 142 g/mol. The lowest BCUT2D eigenvalue weighted by Crippen LogP contribution is -2.20. The van der Waals surface area contributed by atoms with Crippen molar-refractivity contribution in [3.63, 3.8) is 0 Å². The first kappa shape index (κ1) is 6.53. The molecular weight excluding hydrogens is 133 g/mol. The molecule has 0 atom stereocenters. The quantitative estimate of drug-likeness (QED) is 0.546. The molecule has 1 aromatic carbocycles. The lowest BCUT2D eigenvalue weighted by Gasteiger charge is -2.15. The predicted octanol–water partition coefficient (Wildman–Crippen LogP) is 2.09. The van der Waals surface area contributed by atoms with Crippen LogP contribution in [0.1, 0.15) is 5.56 Å². The van der Waals surface area contributed by atoms with Crippen molar-refractivity contribution in [2.24, 2.45) is 0 Å². The van der Waals surface area contributed by atoms with Gasteiger partial charge < -0.3 is 5.23 Å². The fourth-order valence-corrected chi connectivity index (χ4v) is 1.25. The molecule has 1 heterocycles. The third-order valence-electron chi connectivity index (χ3n) is 1.82. The minimum atomic E-state index is 0.443. The van der Waals surface area contributed by atoms with Gasteiger partial charge in [-0.15, -0.1) is 0 Å². The smallest absolute Gasteiger partial charge is 0.275 e. The summed E-state index contributed by atoms with van der Waals surface area (Å²) in [4.78, 5) is 0. The van der Waals surface area contributed by atoms with Crippen molar-refractivity contribution in [2.75, 3.05) is 5.23 Å². The van der Waals surface area contributed by atoms with Crippen LogP contribution in [0.3, 0.4) is 0 Å². The second-order valence-electron chi connectivity index (χ2n) is 2.79. The summed E-state index contributed by atoms with van der Waals surface area (Å²) in [5, 5.41) is 3.34. The first-order chi connectivity index (χ1) is 5.36. The molecule has 0 aliphatic carbocycles. The standard InChI is InChI=1S/C9H9BN/c1-10-7-6-8-4-2-3-5-9(8)11-10/h2-3,5-7,11H,1H3. The zero-order valence-corrected chi connectivity index (χ0v) is 6.46. The van der Waals surface area contributed by atoms with Crippen molar-refractivity contribution >= 4 is 18.6 Å². The maximum absolute atomic E-state index is 3.34. The Morgan fingerprint density at radius 3 is 3.36 bits per heavy atom. The molecule has 0 unspecified atom stereocenters. The minimum Gasteiger partial charge on any atom is -0.424 e. The summed E-state index contributed by atoms with van der Waals surface area (Å²) in [6.07, 6.45) is 2.11. The van der Waals surface area contributed by atoms with E-state index >= 15 is 0 Å². The van der Waals surface area contributed by atoms with Gasteiger partial charge in [0.1, 0.15) is 0 Å². The molecule has 53 valence electrons.